The van der Waals surface area contributed by atoms with Gasteiger partial charge in [0.05, 0.1) is 17.8 Å². The van der Waals surface area contributed by atoms with Gasteiger partial charge >= 0.3 is 0 Å². The number of hydrogen-bond acceptors (Lipinski definition) is 5. The van der Waals surface area contributed by atoms with Gasteiger partial charge in [-0.1, -0.05) is 30.3 Å². The van der Waals surface area contributed by atoms with Gasteiger partial charge in [-0.05, 0) is 19.1 Å². The van der Waals surface area contributed by atoms with Crippen molar-refractivity contribution in [2.75, 3.05) is 24.5 Å². The summed E-state index contributed by atoms with van der Waals surface area (Å²) in [4.78, 5) is 2.36. The standard InChI is InChI=1S/C20H19N5/c1-14-12-22-9-10-25(14)18-8-4-6-15(11-21)19(18)20-17-7-3-2-5-16(17)13-23-24-20/h2-8,13-14,22H,9-10,12H2,1H3. The first-order valence-electron chi connectivity index (χ1n) is 8.51. The molecule has 0 bridgehead atoms. The lowest BCUT2D eigenvalue weighted by molar-refractivity contribution is 0.501. The highest BCUT2D eigenvalue weighted by Gasteiger charge is 2.24. The topological polar surface area (TPSA) is 64.8 Å². The lowest BCUT2D eigenvalue weighted by Gasteiger charge is -2.37. The Labute approximate surface area is 146 Å². The molecule has 1 aliphatic rings. The molecule has 0 spiro atoms. The third-order valence-electron chi connectivity index (χ3n) is 4.78. The van der Waals surface area contributed by atoms with Crippen LogP contribution in [0.25, 0.3) is 22.0 Å². The van der Waals surface area contributed by atoms with E-state index in [1.807, 2.05) is 36.4 Å². The Morgan fingerprint density at radius 1 is 1.20 bits per heavy atom. The molecule has 1 fully saturated rings. The van der Waals surface area contributed by atoms with E-state index < -0.39 is 0 Å². The highest BCUT2D eigenvalue weighted by Crippen LogP contribution is 2.37. The van der Waals surface area contributed by atoms with Gasteiger partial charge in [0.2, 0.25) is 0 Å². The van der Waals surface area contributed by atoms with Crippen LogP contribution in [-0.4, -0.2) is 35.9 Å². The number of fused-ring (bicyclic) bond motifs is 1. The quantitative estimate of drug-likeness (QED) is 0.783. The van der Waals surface area contributed by atoms with Crippen LogP contribution < -0.4 is 10.2 Å². The molecule has 1 atom stereocenters. The second kappa shape index (κ2) is 6.50. The molecule has 1 N–H and O–H groups in total. The second-order valence-corrected chi connectivity index (χ2v) is 6.34. The summed E-state index contributed by atoms with van der Waals surface area (Å²) >= 11 is 0. The predicted molar refractivity (Wildman–Crippen MR) is 99.4 cm³/mol. The highest BCUT2D eigenvalue weighted by molar-refractivity contribution is 5.98. The number of rotatable bonds is 2. The Kier molecular flexibility index (Phi) is 4.04. The Morgan fingerprint density at radius 3 is 2.92 bits per heavy atom. The maximum absolute atomic E-state index is 9.71. The average Bonchev–Trinajstić information content (AvgIpc) is 2.67. The minimum Gasteiger partial charge on any atom is -0.366 e. The van der Waals surface area contributed by atoms with Crippen molar-refractivity contribution in [3.63, 3.8) is 0 Å². The molecule has 124 valence electrons. The van der Waals surface area contributed by atoms with Crippen molar-refractivity contribution in [3.05, 3.63) is 54.2 Å². The fourth-order valence-corrected chi connectivity index (χ4v) is 3.53. The molecule has 0 amide bonds. The number of nitriles is 1. The fraction of sp³-hybridized carbons (Fsp3) is 0.250. The number of nitrogens with one attached hydrogen (secondary N) is 1. The maximum Gasteiger partial charge on any atom is 0.104 e. The van der Waals surface area contributed by atoms with Gasteiger partial charge in [-0.15, -0.1) is 5.10 Å². The van der Waals surface area contributed by atoms with E-state index in [1.54, 1.807) is 6.20 Å². The van der Waals surface area contributed by atoms with Gasteiger partial charge in [-0.3, -0.25) is 0 Å². The normalized spacial score (nSPS) is 17.4. The molecule has 5 nitrogen and oxygen atoms in total. The summed E-state index contributed by atoms with van der Waals surface area (Å²) in [5.41, 5.74) is 3.34. The average molecular weight is 329 g/mol. The molecular formula is C20H19N5. The van der Waals surface area contributed by atoms with Gasteiger partial charge in [0.25, 0.3) is 0 Å². The molecule has 0 aliphatic carbocycles. The molecule has 1 unspecified atom stereocenters. The van der Waals surface area contributed by atoms with Crippen molar-refractivity contribution in [2.24, 2.45) is 0 Å². The molecule has 2 heterocycles. The Hall–Kier alpha value is -2.97. The van der Waals surface area contributed by atoms with Gasteiger partial charge in [0.15, 0.2) is 0 Å². The van der Waals surface area contributed by atoms with Crippen molar-refractivity contribution in [2.45, 2.75) is 13.0 Å². The lowest BCUT2D eigenvalue weighted by Crippen LogP contribution is -2.50. The molecule has 1 aliphatic heterocycles. The third-order valence-corrected chi connectivity index (χ3v) is 4.78. The van der Waals surface area contributed by atoms with Crippen molar-refractivity contribution >= 4 is 16.5 Å². The first-order valence-corrected chi connectivity index (χ1v) is 8.51. The minimum atomic E-state index is 0.351. The van der Waals surface area contributed by atoms with Gasteiger partial charge in [0, 0.05) is 47.7 Å². The molecule has 1 aromatic heterocycles. The smallest absolute Gasteiger partial charge is 0.104 e. The van der Waals surface area contributed by atoms with Crippen LogP contribution in [0, 0.1) is 11.3 Å². The summed E-state index contributed by atoms with van der Waals surface area (Å²) in [6, 6.07) is 16.6. The summed E-state index contributed by atoms with van der Waals surface area (Å²) in [7, 11) is 0. The fourth-order valence-electron chi connectivity index (χ4n) is 3.53. The second-order valence-electron chi connectivity index (χ2n) is 6.34. The zero-order chi connectivity index (χ0) is 17.2. The van der Waals surface area contributed by atoms with Crippen molar-refractivity contribution in [1.29, 1.82) is 5.26 Å². The zero-order valence-electron chi connectivity index (χ0n) is 14.1. The molecule has 0 saturated carbocycles. The summed E-state index contributed by atoms with van der Waals surface area (Å²) in [6.07, 6.45) is 1.76. The minimum absolute atomic E-state index is 0.351. The predicted octanol–water partition coefficient (Wildman–Crippen LogP) is 2.97. The van der Waals surface area contributed by atoms with Crippen LogP contribution in [0.5, 0.6) is 0 Å². The molecule has 4 rings (SSSR count). The van der Waals surface area contributed by atoms with E-state index in [0.29, 0.717) is 11.6 Å². The maximum atomic E-state index is 9.71. The molecule has 25 heavy (non-hydrogen) atoms. The summed E-state index contributed by atoms with van der Waals surface area (Å²) < 4.78 is 0. The van der Waals surface area contributed by atoms with Crippen LogP contribution >= 0.6 is 0 Å². The van der Waals surface area contributed by atoms with Crippen LogP contribution in [0.3, 0.4) is 0 Å². The van der Waals surface area contributed by atoms with Crippen LogP contribution in [-0.2, 0) is 0 Å². The number of anilines is 1. The molecule has 1 saturated heterocycles. The number of benzene rings is 2. The van der Waals surface area contributed by atoms with E-state index in [2.05, 4.69) is 39.5 Å². The number of nitrogens with zero attached hydrogens (tertiary/aromatic N) is 4. The number of piperazine rings is 1. The third kappa shape index (κ3) is 2.71. The highest BCUT2D eigenvalue weighted by atomic mass is 15.2. The summed E-state index contributed by atoms with van der Waals surface area (Å²) in [6.45, 7) is 4.96. The van der Waals surface area contributed by atoms with Gasteiger partial charge in [-0.25, -0.2) is 0 Å². The van der Waals surface area contributed by atoms with E-state index in [9.17, 15) is 5.26 Å². The monoisotopic (exact) mass is 329 g/mol. The number of aromatic nitrogens is 2. The van der Waals surface area contributed by atoms with Gasteiger partial charge in [0.1, 0.15) is 5.69 Å². The zero-order valence-corrected chi connectivity index (χ0v) is 14.1. The van der Waals surface area contributed by atoms with E-state index in [0.717, 1.165) is 47.4 Å². The first-order chi connectivity index (χ1) is 12.3. The van der Waals surface area contributed by atoms with E-state index in [1.165, 1.54) is 0 Å². The van der Waals surface area contributed by atoms with Crippen LogP contribution in [0.15, 0.2) is 48.7 Å². The molecule has 0 radical (unpaired) electrons. The Morgan fingerprint density at radius 2 is 2.08 bits per heavy atom. The first kappa shape index (κ1) is 15.6. The van der Waals surface area contributed by atoms with Crippen molar-refractivity contribution < 1.29 is 0 Å². The summed E-state index contributed by atoms with van der Waals surface area (Å²) in [5, 5.41) is 23.8. The van der Waals surface area contributed by atoms with E-state index in [4.69, 9.17) is 0 Å². The van der Waals surface area contributed by atoms with Gasteiger partial charge < -0.3 is 10.2 Å². The molecule has 5 heteroatoms. The summed E-state index contributed by atoms with van der Waals surface area (Å²) in [5.74, 6) is 0. The molecular weight excluding hydrogens is 310 g/mol. The van der Waals surface area contributed by atoms with Crippen molar-refractivity contribution in [1.82, 2.24) is 15.5 Å². The van der Waals surface area contributed by atoms with Crippen LogP contribution in [0.1, 0.15) is 12.5 Å². The van der Waals surface area contributed by atoms with Crippen LogP contribution in [0.2, 0.25) is 0 Å². The Bertz CT molecular complexity index is 954. The van der Waals surface area contributed by atoms with Gasteiger partial charge in [-0.2, -0.15) is 10.4 Å². The van der Waals surface area contributed by atoms with E-state index >= 15 is 0 Å². The largest absolute Gasteiger partial charge is 0.366 e. The van der Waals surface area contributed by atoms with E-state index in [-0.39, 0.29) is 0 Å². The van der Waals surface area contributed by atoms with Crippen molar-refractivity contribution in [3.8, 4) is 17.3 Å². The lowest BCUT2D eigenvalue weighted by atomic mass is 9.97. The SMILES string of the molecule is CC1CNCCN1c1cccc(C#N)c1-c1nncc2ccccc12. The molecule has 3 aromatic rings. The van der Waals surface area contributed by atoms with Crippen LogP contribution in [0.4, 0.5) is 5.69 Å². The molecule has 2 aromatic carbocycles. The number of hydrogen-bond donors (Lipinski definition) is 1. The Balaban J connectivity index is 1.98.